The summed E-state index contributed by atoms with van der Waals surface area (Å²) in [5, 5.41) is 10.6. The zero-order valence-corrected chi connectivity index (χ0v) is 11.4. The minimum absolute atomic E-state index is 0.338. The molecule has 2 heteroatoms. The van der Waals surface area contributed by atoms with E-state index in [0.717, 1.165) is 41.4 Å². The molecule has 3 unspecified atom stereocenters. The van der Waals surface area contributed by atoms with Crippen molar-refractivity contribution in [3.05, 3.63) is 22.6 Å². The second-order valence-electron chi connectivity index (χ2n) is 5.73. The molecule has 1 saturated carbocycles. The maximum atomic E-state index is 10.6. The van der Waals surface area contributed by atoms with Crippen molar-refractivity contribution in [2.45, 2.75) is 59.5 Å². The third kappa shape index (κ3) is 2.42. The number of aliphatic hydroxyl groups excluding tert-OH is 1. The molecule has 0 spiro atoms. The Balaban J connectivity index is 2.21. The van der Waals surface area contributed by atoms with Crippen molar-refractivity contribution in [2.75, 3.05) is 0 Å². The SMILES string of the molecule is Cc1oc(C)c(C(O)C2CCCC(C)C2)c1C. The van der Waals surface area contributed by atoms with Crippen LogP contribution in [0.1, 0.15) is 61.4 Å². The van der Waals surface area contributed by atoms with Crippen LogP contribution in [-0.4, -0.2) is 5.11 Å². The Hall–Kier alpha value is -0.760. The molecule has 0 aliphatic heterocycles. The van der Waals surface area contributed by atoms with E-state index in [2.05, 4.69) is 13.8 Å². The molecule has 2 nitrogen and oxygen atoms in total. The quantitative estimate of drug-likeness (QED) is 0.840. The first kappa shape index (κ1) is 12.7. The van der Waals surface area contributed by atoms with Gasteiger partial charge in [0.1, 0.15) is 11.5 Å². The Morgan fingerprint density at radius 3 is 2.41 bits per heavy atom. The average Bonchev–Trinajstić information content (AvgIpc) is 2.52. The molecular weight excluding hydrogens is 212 g/mol. The Morgan fingerprint density at radius 2 is 1.88 bits per heavy atom. The molecule has 1 aliphatic carbocycles. The fraction of sp³-hybridized carbons (Fsp3) is 0.733. The van der Waals surface area contributed by atoms with Crippen LogP contribution < -0.4 is 0 Å². The molecule has 3 atom stereocenters. The van der Waals surface area contributed by atoms with E-state index in [-0.39, 0.29) is 6.10 Å². The van der Waals surface area contributed by atoms with Crippen LogP contribution in [0.25, 0.3) is 0 Å². The summed E-state index contributed by atoms with van der Waals surface area (Å²) in [6.45, 7) is 8.28. The van der Waals surface area contributed by atoms with Crippen LogP contribution in [0, 0.1) is 32.6 Å². The summed E-state index contributed by atoms with van der Waals surface area (Å²) >= 11 is 0. The fourth-order valence-electron chi connectivity index (χ4n) is 3.25. The van der Waals surface area contributed by atoms with Crippen molar-refractivity contribution in [3.8, 4) is 0 Å². The van der Waals surface area contributed by atoms with Gasteiger partial charge in [0.2, 0.25) is 0 Å². The largest absolute Gasteiger partial charge is 0.466 e. The van der Waals surface area contributed by atoms with Gasteiger partial charge in [0, 0.05) is 5.56 Å². The second kappa shape index (κ2) is 4.85. The lowest BCUT2D eigenvalue weighted by Crippen LogP contribution is -2.20. The third-order valence-corrected chi connectivity index (χ3v) is 4.34. The van der Waals surface area contributed by atoms with E-state index >= 15 is 0 Å². The van der Waals surface area contributed by atoms with Gasteiger partial charge in [0.05, 0.1) is 6.10 Å². The highest BCUT2D eigenvalue weighted by Crippen LogP contribution is 2.40. The summed E-state index contributed by atoms with van der Waals surface area (Å²) in [7, 11) is 0. The van der Waals surface area contributed by atoms with E-state index in [4.69, 9.17) is 4.42 Å². The molecule has 0 saturated heterocycles. The molecule has 1 heterocycles. The first-order valence-corrected chi connectivity index (χ1v) is 6.75. The third-order valence-electron chi connectivity index (χ3n) is 4.34. The summed E-state index contributed by atoms with van der Waals surface area (Å²) in [5.74, 6) is 3.00. The Labute approximate surface area is 104 Å². The van der Waals surface area contributed by atoms with Crippen LogP contribution in [0.15, 0.2) is 4.42 Å². The summed E-state index contributed by atoms with van der Waals surface area (Å²) in [4.78, 5) is 0. The molecule has 0 amide bonds. The number of rotatable bonds is 2. The van der Waals surface area contributed by atoms with Crippen molar-refractivity contribution >= 4 is 0 Å². The Morgan fingerprint density at radius 1 is 1.18 bits per heavy atom. The van der Waals surface area contributed by atoms with Gasteiger partial charge in [0.25, 0.3) is 0 Å². The number of aliphatic hydroxyl groups is 1. The van der Waals surface area contributed by atoms with E-state index in [1.807, 2.05) is 13.8 Å². The van der Waals surface area contributed by atoms with E-state index < -0.39 is 0 Å². The molecule has 0 aromatic carbocycles. The van der Waals surface area contributed by atoms with Gasteiger partial charge in [-0.2, -0.15) is 0 Å². The minimum atomic E-state index is -0.338. The zero-order chi connectivity index (χ0) is 12.6. The van der Waals surface area contributed by atoms with Gasteiger partial charge in [-0.15, -0.1) is 0 Å². The zero-order valence-electron chi connectivity index (χ0n) is 11.4. The molecular formula is C15H24O2. The van der Waals surface area contributed by atoms with Gasteiger partial charge in [-0.05, 0) is 51.0 Å². The number of aryl methyl sites for hydroxylation is 2. The number of furan rings is 1. The lowest BCUT2D eigenvalue weighted by Gasteiger charge is -2.30. The Kier molecular flexibility index (Phi) is 3.62. The van der Waals surface area contributed by atoms with E-state index in [1.54, 1.807) is 0 Å². The molecule has 1 aliphatic rings. The average molecular weight is 236 g/mol. The Bertz CT molecular complexity index is 392. The van der Waals surface area contributed by atoms with Gasteiger partial charge < -0.3 is 9.52 Å². The first-order chi connectivity index (χ1) is 8.00. The summed E-state index contributed by atoms with van der Waals surface area (Å²) in [5.41, 5.74) is 2.18. The molecule has 1 fully saturated rings. The highest BCUT2D eigenvalue weighted by Gasteiger charge is 2.30. The molecule has 0 radical (unpaired) electrons. The van der Waals surface area contributed by atoms with Crippen LogP contribution in [0.5, 0.6) is 0 Å². The molecule has 1 aromatic heterocycles. The predicted octanol–water partition coefficient (Wildman–Crippen LogP) is 4.06. The molecule has 0 bridgehead atoms. The molecule has 1 N–H and O–H groups in total. The van der Waals surface area contributed by atoms with Crippen molar-refractivity contribution in [2.24, 2.45) is 11.8 Å². The van der Waals surface area contributed by atoms with Crippen LogP contribution in [-0.2, 0) is 0 Å². The van der Waals surface area contributed by atoms with Crippen molar-refractivity contribution in [1.82, 2.24) is 0 Å². The number of hydrogen-bond acceptors (Lipinski definition) is 2. The molecule has 96 valence electrons. The van der Waals surface area contributed by atoms with Crippen LogP contribution in [0.4, 0.5) is 0 Å². The number of hydrogen-bond donors (Lipinski definition) is 1. The lowest BCUT2D eigenvalue weighted by molar-refractivity contribution is 0.0698. The fourth-order valence-corrected chi connectivity index (χ4v) is 3.25. The maximum Gasteiger partial charge on any atom is 0.107 e. The van der Waals surface area contributed by atoms with Crippen molar-refractivity contribution in [3.63, 3.8) is 0 Å². The van der Waals surface area contributed by atoms with Crippen molar-refractivity contribution in [1.29, 1.82) is 0 Å². The van der Waals surface area contributed by atoms with Gasteiger partial charge in [0.15, 0.2) is 0 Å². The molecule has 17 heavy (non-hydrogen) atoms. The van der Waals surface area contributed by atoms with Crippen LogP contribution >= 0.6 is 0 Å². The minimum Gasteiger partial charge on any atom is -0.466 e. The van der Waals surface area contributed by atoms with Crippen molar-refractivity contribution < 1.29 is 9.52 Å². The van der Waals surface area contributed by atoms with E-state index in [9.17, 15) is 5.11 Å². The highest BCUT2D eigenvalue weighted by atomic mass is 16.3. The highest BCUT2D eigenvalue weighted by molar-refractivity contribution is 5.33. The predicted molar refractivity (Wildman–Crippen MR) is 69.0 cm³/mol. The normalized spacial score (nSPS) is 27.1. The van der Waals surface area contributed by atoms with Crippen LogP contribution in [0.2, 0.25) is 0 Å². The topological polar surface area (TPSA) is 33.4 Å². The lowest BCUT2D eigenvalue weighted by atomic mass is 9.77. The molecule has 2 rings (SSSR count). The molecule has 1 aromatic rings. The standard InChI is InChI=1S/C15H24O2/c1-9-6-5-7-13(8-9)15(16)14-10(2)11(3)17-12(14)4/h9,13,15-16H,5-8H2,1-4H3. The summed E-state index contributed by atoms with van der Waals surface area (Å²) < 4.78 is 5.62. The van der Waals surface area contributed by atoms with Gasteiger partial charge in [-0.25, -0.2) is 0 Å². The van der Waals surface area contributed by atoms with E-state index in [1.165, 1.54) is 12.8 Å². The van der Waals surface area contributed by atoms with E-state index in [0.29, 0.717) is 5.92 Å². The maximum absolute atomic E-state index is 10.6. The van der Waals surface area contributed by atoms with Gasteiger partial charge in [-0.3, -0.25) is 0 Å². The second-order valence-corrected chi connectivity index (χ2v) is 5.73. The van der Waals surface area contributed by atoms with Gasteiger partial charge in [-0.1, -0.05) is 19.8 Å². The van der Waals surface area contributed by atoms with Gasteiger partial charge >= 0.3 is 0 Å². The van der Waals surface area contributed by atoms with Crippen LogP contribution in [0.3, 0.4) is 0 Å². The summed E-state index contributed by atoms with van der Waals surface area (Å²) in [6.07, 6.45) is 4.51. The smallest absolute Gasteiger partial charge is 0.107 e. The summed E-state index contributed by atoms with van der Waals surface area (Å²) in [6, 6.07) is 0. The monoisotopic (exact) mass is 236 g/mol. The first-order valence-electron chi connectivity index (χ1n) is 6.75.